The molecule has 5 nitrogen and oxygen atoms in total. The fourth-order valence-electron chi connectivity index (χ4n) is 2.07. The number of rotatable bonds is 4. The molecular weight excluding hydrogens is 228 g/mol. The molecule has 2 heterocycles. The van der Waals surface area contributed by atoms with E-state index in [9.17, 15) is 0 Å². The molecule has 1 saturated heterocycles. The lowest BCUT2D eigenvalue weighted by molar-refractivity contribution is 0.122. The second kappa shape index (κ2) is 6.11. The monoisotopic (exact) mass is 250 g/mol. The molecule has 1 N–H and O–H groups in total. The third kappa shape index (κ3) is 2.97. The van der Waals surface area contributed by atoms with Crippen LogP contribution in [0.3, 0.4) is 0 Å². The Morgan fingerprint density at radius 1 is 1.39 bits per heavy atom. The van der Waals surface area contributed by atoms with Gasteiger partial charge in [-0.1, -0.05) is 13.8 Å². The fraction of sp³-hybridized carbons (Fsp3) is 0.692. The van der Waals surface area contributed by atoms with Gasteiger partial charge < -0.3 is 15.0 Å². The van der Waals surface area contributed by atoms with Crippen LogP contribution in [0.2, 0.25) is 0 Å². The third-order valence-electron chi connectivity index (χ3n) is 3.08. The average molecular weight is 250 g/mol. The number of anilines is 1. The highest BCUT2D eigenvalue weighted by atomic mass is 16.5. The van der Waals surface area contributed by atoms with E-state index in [-0.39, 0.29) is 0 Å². The molecule has 1 aliphatic heterocycles. The molecule has 2 rings (SSSR count). The zero-order valence-corrected chi connectivity index (χ0v) is 11.4. The van der Waals surface area contributed by atoms with Crippen LogP contribution in [0.1, 0.15) is 31.3 Å². The summed E-state index contributed by atoms with van der Waals surface area (Å²) >= 11 is 0. The second-order valence-electron chi connectivity index (χ2n) is 4.84. The van der Waals surface area contributed by atoms with Crippen LogP contribution < -0.4 is 10.2 Å². The first-order valence-corrected chi connectivity index (χ1v) is 6.55. The summed E-state index contributed by atoms with van der Waals surface area (Å²) in [6, 6.07) is 0. The summed E-state index contributed by atoms with van der Waals surface area (Å²) in [6.07, 6.45) is 1.96. The lowest BCUT2D eigenvalue weighted by atomic mass is 10.2. The van der Waals surface area contributed by atoms with E-state index < -0.39 is 0 Å². The van der Waals surface area contributed by atoms with Crippen LogP contribution in [-0.2, 0) is 11.3 Å². The first-order valence-electron chi connectivity index (χ1n) is 6.55. The van der Waals surface area contributed by atoms with Crippen LogP contribution in [-0.4, -0.2) is 43.3 Å². The van der Waals surface area contributed by atoms with Gasteiger partial charge in [0, 0.05) is 25.6 Å². The van der Waals surface area contributed by atoms with Gasteiger partial charge in [0.25, 0.3) is 0 Å². The van der Waals surface area contributed by atoms with Crippen molar-refractivity contribution in [2.24, 2.45) is 0 Å². The van der Waals surface area contributed by atoms with Crippen molar-refractivity contribution in [1.29, 1.82) is 0 Å². The number of morpholine rings is 1. The van der Waals surface area contributed by atoms with E-state index in [1.54, 1.807) is 0 Å². The summed E-state index contributed by atoms with van der Waals surface area (Å²) in [5, 5.41) is 3.18. The highest BCUT2D eigenvalue weighted by Gasteiger charge is 2.17. The molecular formula is C13H22N4O. The van der Waals surface area contributed by atoms with Gasteiger partial charge in [-0.3, -0.25) is 0 Å². The molecule has 5 heteroatoms. The van der Waals surface area contributed by atoms with Crippen molar-refractivity contribution in [3.8, 4) is 0 Å². The Balaban J connectivity index is 2.27. The zero-order valence-electron chi connectivity index (χ0n) is 11.4. The van der Waals surface area contributed by atoms with Crippen molar-refractivity contribution < 1.29 is 4.74 Å². The van der Waals surface area contributed by atoms with Crippen LogP contribution in [0.25, 0.3) is 0 Å². The summed E-state index contributed by atoms with van der Waals surface area (Å²) in [5.41, 5.74) is 2.22. The normalized spacial score (nSPS) is 16.3. The fourth-order valence-corrected chi connectivity index (χ4v) is 2.07. The number of ether oxygens (including phenoxy) is 1. The molecule has 18 heavy (non-hydrogen) atoms. The molecule has 0 spiro atoms. The van der Waals surface area contributed by atoms with E-state index in [4.69, 9.17) is 4.74 Å². The Morgan fingerprint density at radius 2 is 2.11 bits per heavy atom. The number of nitrogens with one attached hydrogen (secondary N) is 1. The van der Waals surface area contributed by atoms with Gasteiger partial charge in [-0.05, 0) is 7.05 Å². The highest BCUT2D eigenvalue weighted by molar-refractivity contribution is 5.49. The maximum absolute atomic E-state index is 5.38. The van der Waals surface area contributed by atoms with E-state index in [0.29, 0.717) is 5.92 Å². The molecule has 1 fully saturated rings. The van der Waals surface area contributed by atoms with E-state index >= 15 is 0 Å². The molecule has 1 aromatic rings. The predicted molar refractivity (Wildman–Crippen MR) is 71.9 cm³/mol. The molecule has 1 aliphatic rings. The van der Waals surface area contributed by atoms with Crippen LogP contribution in [0.4, 0.5) is 5.69 Å². The molecule has 0 saturated carbocycles. The minimum Gasteiger partial charge on any atom is -0.378 e. The van der Waals surface area contributed by atoms with E-state index in [0.717, 1.165) is 50.1 Å². The standard InChI is InChI=1S/C13H22N4O/c1-10(2)13-15-9-12(11(16-13)8-14-3)17-4-6-18-7-5-17/h9-10,14H,4-8H2,1-3H3. The van der Waals surface area contributed by atoms with Crippen molar-refractivity contribution >= 4 is 5.69 Å². The Kier molecular flexibility index (Phi) is 4.49. The molecule has 1 aromatic heterocycles. The molecule has 0 atom stereocenters. The van der Waals surface area contributed by atoms with Gasteiger partial charge in [-0.15, -0.1) is 0 Å². The van der Waals surface area contributed by atoms with Crippen molar-refractivity contribution in [3.63, 3.8) is 0 Å². The summed E-state index contributed by atoms with van der Waals surface area (Å²) < 4.78 is 5.38. The molecule has 0 bridgehead atoms. The number of nitrogens with zero attached hydrogens (tertiary/aromatic N) is 3. The summed E-state index contributed by atoms with van der Waals surface area (Å²) in [7, 11) is 1.94. The molecule has 0 unspecified atom stereocenters. The van der Waals surface area contributed by atoms with Gasteiger partial charge in [0.2, 0.25) is 0 Å². The number of hydrogen-bond donors (Lipinski definition) is 1. The van der Waals surface area contributed by atoms with Gasteiger partial charge in [-0.2, -0.15) is 0 Å². The lowest BCUT2D eigenvalue weighted by Gasteiger charge is -2.30. The predicted octanol–water partition coefficient (Wildman–Crippen LogP) is 1.16. The minimum absolute atomic E-state index is 0.361. The Labute approximate surface area is 109 Å². The second-order valence-corrected chi connectivity index (χ2v) is 4.84. The third-order valence-corrected chi connectivity index (χ3v) is 3.08. The Hall–Kier alpha value is -1.20. The highest BCUT2D eigenvalue weighted by Crippen LogP contribution is 2.21. The van der Waals surface area contributed by atoms with E-state index in [1.807, 2.05) is 13.2 Å². The van der Waals surface area contributed by atoms with Crippen LogP contribution >= 0.6 is 0 Å². The van der Waals surface area contributed by atoms with E-state index in [2.05, 4.69) is 34.0 Å². The molecule has 0 amide bonds. The number of hydrogen-bond acceptors (Lipinski definition) is 5. The van der Waals surface area contributed by atoms with Gasteiger partial charge in [0.15, 0.2) is 0 Å². The summed E-state index contributed by atoms with van der Waals surface area (Å²) in [4.78, 5) is 11.5. The zero-order chi connectivity index (χ0) is 13.0. The Morgan fingerprint density at radius 3 is 2.72 bits per heavy atom. The largest absolute Gasteiger partial charge is 0.378 e. The SMILES string of the molecule is CNCc1nc(C(C)C)ncc1N1CCOCC1. The van der Waals surface area contributed by atoms with Gasteiger partial charge in [0.1, 0.15) is 5.82 Å². The van der Waals surface area contributed by atoms with Crippen LogP contribution in [0, 0.1) is 0 Å². The quantitative estimate of drug-likeness (QED) is 0.869. The van der Waals surface area contributed by atoms with E-state index in [1.165, 1.54) is 0 Å². The summed E-state index contributed by atoms with van der Waals surface area (Å²) in [6.45, 7) is 8.41. The maximum Gasteiger partial charge on any atom is 0.131 e. The molecule has 100 valence electrons. The first kappa shape index (κ1) is 13.2. The lowest BCUT2D eigenvalue weighted by Crippen LogP contribution is -2.37. The van der Waals surface area contributed by atoms with Crippen molar-refractivity contribution in [2.45, 2.75) is 26.3 Å². The first-order chi connectivity index (χ1) is 8.72. The van der Waals surface area contributed by atoms with Gasteiger partial charge in [0.05, 0.1) is 30.8 Å². The summed E-state index contributed by atoms with van der Waals surface area (Å²) in [5.74, 6) is 1.27. The topological polar surface area (TPSA) is 50.3 Å². The van der Waals surface area contributed by atoms with Crippen LogP contribution in [0.5, 0.6) is 0 Å². The smallest absolute Gasteiger partial charge is 0.131 e. The van der Waals surface area contributed by atoms with Gasteiger partial charge >= 0.3 is 0 Å². The van der Waals surface area contributed by atoms with Crippen molar-refractivity contribution in [3.05, 3.63) is 17.7 Å². The molecule has 0 aromatic carbocycles. The Bertz CT molecular complexity index is 389. The van der Waals surface area contributed by atoms with Gasteiger partial charge in [-0.25, -0.2) is 9.97 Å². The minimum atomic E-state index is 0.361. The molecule has 0 aliphatic carbocycles. The maximum atomic E-state index is 5.38. The van der Waals surface area contributed by atoms with Crippen LogP contribution in [0.15, 0.2) is 6.20 Å². The molecule has 0 radical (unpaired) electrons. The number of aromatic nitrogens is 2. The van der Waals surface area contributed by atoms with Crippen molar-refractivity contribution in [1.82, 2.24) is 15.3 Å². The average Bonchev–Trinajstić information content (AvgIpc) is 2.40. The van der Waals surface area contributed by atoms with Crippen molar-refractivity contribution in [2.75, 3.05) is 38.3 Å².